The van der Waals surface area contributed by atoms with Crippen molar-refractivity contribution >= 4 is 27.5 Å². The second-order valence-corrected chi connectivity index (χ2v) is 6.73. The van der Waals surface area contributed by atoms with Crippen molar-refractivity contribution in [3.05, 3.63) is 56.7 Å². The first-order valence-electron chi connectivity index (χ1n) is 7.91. The number of H-pyrrole nitrogens is 1. The molecule has 0 unspecified atom stereocenters. The fraction of sp³-hybridized carbons (Fsp3) is 0.294. The lowest BCUT2D eigenvalue weighted by atomic mass is 10.2. The minimum atomic E-state index is -1.20. The van der Waals surface area contributed by atoms with Crippen LogP contribution in [0.2, 0.25) is 0 Å². The Bertz CT molecular complexity index is 950. The highest BCUT2D eigenvalue weighted by atomic mass is 32.1. The second kappa shape index (κ2) is 7.54. The zero-order chi connectivity index (χ0) is 17.8. The second-order valence-electron chi connectivity index (χ2n) is 5.65. The van der Waals surface area contributed by atoms with Crippen LogP contribution in [0.3, 0.4) is 0 Å². The highest BCUT2D eigenvalue weighted by Gasteiger charge is 2.21. The number of carboxylic acids is 1. The number of hydrogen-bond acceptors (Lipinski definition) is 6. The smallest absolute Gasteiger partial charge is 0.372 e. The van der Waals surface area contributed by atoms with E-state index in [9.17, 15) is 9.59 Å². The van der Waals surface area contributed by atoms with Crippen LogP contribution in [0.25, 0.3) is 10.2 Å². The largest absolute Gasteiger partial charge is 0.475 e. The molecule has 0 aromatic carbocycles. The van der Waals surface area contributed by atoms with Gasteiger partial charge in [0.05, 0.1) is 5.39 Å². The number of carbonyl (C=O) groups is 1. The third kappa shape index (κ3) is 3.75. The van der Waals surface area contributed by atoms with Crippen LogP contribution in [0.15, 0.2) is 29.3 Å². The Morgan fingerprint density at radius 2 is 2.28 bits per heavy atom. The lowest BCUT2D eigenvalue weighted by molar-refractivity contribution is 0.0683. The van der Waals surface area contributed by atoms with Crippen LogP contribution in [0.1, 0.15) is 33.0 Å². The minimum absolute atomic E-state index is 0.280. The van der Waals surface area contributed by atoms with Crippen molar-refractivity contribution in [1.29, 1.82) is 0 Å². The number of hydrogen-bond donors (Lipinski definition) is 3. The van der Waals surface area contributed by atoms with Crippen LogP contribution in [-0.4, -0.2) is 33.1 Å². The van der Waals surface area contributed by atoms with Gasteiger partial charge >= 0.3 is 5.97 Å². The van der Waals surface area contributed by atoms with E-state index in [0.29, 0.717) is 10.2 Å². The molecule has 0 saturated carbocycles. The molecule has 0 saturated heterocycles. The summed E-state index contributed by atoms with van der Waals surface area (Å²) in [6, 6.07) is 3.98. The van der Waals surface area contributed by atoms with E-state index < -0.39 is 5.97 Å². The van der Waals surface area contributed by atoms with Gasteiger partial charge in [-0.15, -0.1) is 11.3 Å². The van der Waals surface area contributed by atoms with E-state index in [4.69, 9.17) is 5.11 Å². The molecule has 1 aliphatic carbocycles. The number of carboxylic acid groups (broad SMARTS) is 1. The number of aromatic nitrogens is 3. The van der Waals surface area contributed by atoms with Crippen LogP contribution >= 0.6 is 11.3 Å². The summed E-state index contributed by atoms with van der Waals surface area (Å²) in [6.07, 6.45) is 6.57. The van der Waals surface area contributed by atoms with Gasteiger partial charge in [-0.25, -0.2) is 9.78 Å². The van der Waals surface area contributed by atoms with Gasteiger partial charge in [-0.05, 0) is 43.5 Å². The zero-order valence-electron chi connectivity index (χ0n) is 13.7. The minimum Gasteiger partial charge on any atom is -0.475 e. The predicted octanol–water partition coefficient (Wildman–Crippen LogP) is 1.97. The van der Waals surface area contributed by atoms with E-state index in [1.807, 2.05) is 25.4 Å². The van der Waals surface area contributed by atoms with Gasteiger partial charge in [-0.1, -0.05) is 6.07 Å². The molecular formula is C17H18N4O3S. The number of fused-ring (bicyclic) bond motifs is 3. The molecule has 4 rings (SSSR count). The Morgan fingerprint density at radius 3 is 2.96 bits per heavy atom. The van der Waals surface area contributed by atoms with Gasteiger partial charge in [0.15, 0.2) is 0 Å². The fourth-order valence-corrected chi connectivity index (χ4v) is 4.07. The van der Waals surface area contributed by atoms with E-state index >= 15 is 0 Å². The molecule has 1 aliphatic rings. The summed E-state index contributed by atoms with van der Waals surface area (Å²) in [7, 11) is 1.92. The molecule has 3 heterocycles. The molecule has 8 heteroatoms. The van der Waals surface area contributed by atoms with Crippen LogP contribution in [0.5, 0.6) is 0 Å². The molecule has 0 fully saturated rings. The van der Waals surface area contributed by atoms with Crippen LogP contribution < -0.4 is 10.9 Å². The Labute approximate surface area is 147 Å². The number of aromatic amines is 1. The summed E-state index contributed by atoms with van der Waals surface area (Å²) < 4.78 is 0. The van der Waals surface area contributed by atoms with E-state index in [-0.39, 0.29) is 11.4 Å². The van der Waals surface area contributed by atoms with Gasteiger partial charge in [-0.3, -0.25) is 9.78 Å². The normalized spacial score (nSPS) is 12.5. The molecule has 0 amide bonds. The third-order valence-electron chi connectivity index (χ3n) is 3.88. The average Bonchev–Trinajstić information content (AvgIpc) is 3.17. The van der Waals surface area contributed by atoms with Crippen molar-refractivity contribution < 1.29 is 9.90 Å². The maximum atomic E-state index is 11.8. The van der Waals surface area contributed by atoms with Crippen molar-refractivity contribution in [2.45, 2.75) is 25.8 Å². The fourth-order valence-electron chi connectivity index (χ4n) is 2.81. The van der Waals surface area contributed by atoms with Crippen molar-refractivity contribution in [1.82, 2.24) is 20.3 Å². The summed E-state index contributed by atoms with van der Waals surface area (Å²) in [6.45, 7) is 0.897. The van der Waals surface area contributed by atoms with Crippen molar-refractivity contribution in [3.63, 3.8) is 0 Å². The summed E-state index contributed by atoms with van der Waals surface area (Å²) >= 11 is 1.44. The monoisotopic (exact) mass is 358 g/mol. The SMILES string of the molecule is CNCc1cccnc1.O=C(O)c1nc2sc3c(c2c(=O)[nH]1)CCC3. The molecule has 0 radical (unpaired) electrons. The number of nitrogens with one attached hydrogen (secondary N) is 2. The van der Waals surface area contributed by atoms with Crippen LogP contribution in [0.4, 0.5) is 0 Å². The summed E-state index contributed by atoms with van der Waals surface area (Å²) in [5.74, 6) is -1.48. The molecule has 25 heavy (non-hydrogen) atoms. The molecule has 0 spiro atoms. The highest BCUT2D eigenvalue weighted by molar-refractivity contribution is 7.18. The molecular weight excluding hydrogens is 340 g/mol. The first kappa shape index (κ1) is 17.2. The quantitative estimate of drug-likeness (QED) is 0.661. The maximum Gasteiger partial charge on any atom is 0.372 e. The highest BCUT2D eigenvalue weighted by Crippen LogP contribution is 2.34. The predicted molar refractivity (Wildman–Crippen MR) is 96.2 cm³/mol. The van der Waals surface area contributed by atoms with Gasteiger partial charge in [0.2, 0.25) is 5.82 Å². The van der Waals surface area contributed by atoms with Gasteiger partial charge in [0.1, 0.15) is 4.83 Å². The average molecular weight is 358 g/mol. The molecule has 0 aliphatic heterocycles. The molecule has 0 atom stereocenters. The number of aromatic carboxylic acids is 1. The summed E-state index contributed by atoms with van der Waals surface area (Å²) in [5.41, 5.74) is 1.95. The Hall–Kier alpha value is -2.58. The van der Waals surface area contributed by atoms with Crippen molar-refractivity contribution in [3.8, 4) is 0 Å². The number of aryl methyl sites for hydroxylation is 2. The van der Waals surface area contributed by atoms with Gasteiger partial charge in [0, 0.05) is 23.8 Å². The Balaban J connectivity index is 0.000000173. The number of pyridine rings is 1. The molecule has 7 nitrogen and oxygen atoms in total. The van der Waals surface area contributed by atoms with Crippen molar-refractivity contribution in [2.24, 2.45) is 0 Å². The van der Waals surface area contributed by atoms with Gasteiger partial charge in [0.25, 0.3) is 5.56 Å². The maximum absolute atomic E-state index is 11.8. The van der Waals surface area contributed by atoms with E-state index in [1.54, 1.807) is 6.20 Å². The molecule has 0 bridgehead atoms. The Morgan fingerprint density at radius 1 is 1.44 bits per heavy atom. The van der Waals surface area contributed by atoms with Gasteiger partial charge in [-0.2, -0.15) is 0 Å². The lowest BCUT2D eigenvalue weighted by Crippen LogP contribution is -2.15. The molecule has 3 aromatic rings. The van der Waals surface area contributed by atoms with E-state index in [2.05, 4.69) is 20.3 Å². The topological polar surface area (TPSA) is 108 Å². The lowest BCUT2D eigenvalue weighted by Gasteiger charge is -1.95. The number of nitrogens with zero attached hydrogens (tertiary/aromatic N) is 2. The zero-order valence-corrected chi connectivity index (χ0v) is 14.5. The summed E-state index contributed by atoms with van der Waals surface area (Å²) in [5, 5.41) is 12.4. The standard InChI is InChI=1S/C10H8N2O3S.C7H10N2/c13-8-6-4-2-1-3-5(4)16-9(6)12-7(11-8)10(14)15;1-8-5-7-3-2-4-9-6-7/h1-3H2,(H,14,15)(H,11,12,13);2-4,6,8H,5H2,1H3. The first-order chi connectivity index (χ1) is 12.1. The van der Waals surface area contributed by atoms with Crippen LogP contribution in [0, 0.1) is 0 Å². The van der Waals surface area contributed by atoms with Crippen molar-refractivity contribution in [2.75, 3.05) is 7.05 Å². The Kier molecular flexibility index (Phi) is 5.20. The molecule has 3 N–H and O–H groups in total. The third-order valence-corrected chi connectivity index (χ3v) is 5.07. The summed E-state index contributed by atoms with van der Waals surface area (Å²) in [4.78, 5) is 34.5. The van der Waals surface area contributed by atoms with Crippen LogP contribution in [-0.2, 0) is 19.4 Å². The first-order valence-corrected chi connectivity index (χ1v) is 8.73. The molecule has 3 aromatic heterocycles. The van der Waals surface area contributed by atoms with Gasteiger partial charge < -0.3 is 15.4 Å². The number of thiophene rings is 1. The molecule has 130 valence electrons. The van der Waals surface area contributed by atoms with E-state index in [1.165, 1.54) is 21.8 Å². The number of rotatable bonds is 3. The van der Waals surface area contributed by atoms with E-state index in [0.717, 1.165) is 31.4 Å².